The quantitative estimate of drug-likeness (QED) is 0.550. The van der Waals surface area contributed by atoms with Crippen LogP contribution in [0.4, 0.5) is 0 Å². The summed E-state index contributed by atoms with van der Waals surface area (Å²) in [5, 5.41) is 0. The molecule has 1 aliphatic rings. The molecule has 1 aliphatic carbocycles. The van der Waals surface area contributed by atoms with Gasteiger partial charge in [0.2, 0.25) is 0 Å². The Morgan fingerprint density at radius 1 is 1.29 bits per heavy atom. The normalized spacial score (nSPS) is 24.6. The number of carbonyl (C=O) groups excluding carboxylic acids is 1. The lowest BCUT2D eigenvalue weighted by molar-refractivity contribution is -0.151. The van der Waals surface area contributed by atoms with Crippen molar-refractivity contribution < 1.29 is 9.53 Å². The topological polar surface area (TPSA) is 52.3 Å². The number of ether oxygens (including phenoxy) is 1. The third-order valence-corrected chi connectivity index (χ3v) is 3.70. The summed E-state index contributed by atoms with van der Waals surface area (Å²) in [7, 11) is 0. The van der Waals surface area contributed by atoms with E-state index in [9.17, 15) is 4.79 Å². The molecule has 0 aliphatic heterocycles. The molecule has 100 valence electrons. The van der Waals surface area contributed by atoms with E-state index in [0.717, 1.165) is 44.6 Å². The zero-order chi connectivity index (χ0) is 12.5. The Kier molecular flexibility index (Phi) is 7.25. The molecule has 0 aromatic carbocycles. The highest BCUT2D eigenvalue weighted by molar-refractivity contribution is 5.69. The Bertz CT molecular complexity index is 218. The average Bonchev–Trinajstić information content (AvgIpc) is 2.35. The van der Waals surface area contributed by atoms with Crippen molar-refractivity contribution in [2.24, 2.45) is 11.7 Å². The van der Waals surface area contributed by atoms with E-state index in [1.165, 1.54) is 19.3 Å². The van der Waals surface area contributed by atoms with E-state index in [-0.39, 0.29) is 12.1 Å². The van der Waals surface area contributed by atoms with Crippen molar-refractivity contribution in [3.63, 3.8) is 0 Å². The zero-order valence-electron chi connectivity index (χ0n) is 11.1. The molecule has 2 atom stereocenters. The second-order valence-corrected chi connectivity index (χ2v) is 5.15. The molecule has 0 aromatic heterocycles. The third kappa shape index (κ3) is 6.06. The molecular weight excluding hydrogens is 214 g/mol. The summed E-state index contributed by atoms with van der Waals surface area (Å²) < 4.78 is 5.53. The lowest BCUT2D eigenvalue weighted by Gasteiger charge is -2.28. The largest absolute Gasteiger partial charge is 0.462 e. The first-order chi connectivity index (χ1) is 8.26. The van der Waals surface area contributed by atoms with Crippen LogP contribution in [0.1, 0.15) is 64.7 Å². The van der Waals surface area contributed by atoms with Gasteiger partial charge in [0, 0.05) is 6.42 Å². The lowest BCUT2D eigenvalue weighted by Crippen LogP contribution is -2.25. The summed E-state index contributed by atoms with van der Waals surface area (Å²) in [5.41, 5.74) is 5.41. The fraction of sp³-hybridized carbons (Fsp3) is 0.929. The average molecular weight is 241 g/mol. The highest BCUT2D eigenvalue weighted by Gasteiger charge is 2.23. The van der Waals surface area contributed by atoms with Crippen molar-refractivity contribution in [2.75, 3.05) is 6.54 Å². The van der Waals surface area contributed by atoms with E-state index in [4.69, 9.17) is 10.5 Å². The molecule has 0 bridgehead atoms. The number of esters is 1. The van der Waals surface area contributed by atoms with Gasteiger partial charge < -0.3 is 10.5 Å². The van der Waals surface area contributed by atoms with E-state index < -0.39 is 0 Å². The van der Waals surface area contributed by atoms with Crippen LogP contribution >= 0.6 is 0 Å². The van der Waals surface area contributed by atoms with Gasteiger partial charge in [0.05, 0.1) is 0 Å². The molecule has 2 unspecified atom stereocenters. The predicted octanol–water partition coefficient (Wildman–Crippen LogP) is 3.02. The van der Waals surface area contributed by atoms with Crippen molar-refractivity contribution in [3.8, 4) is 0 Å². The first kappa shape index (κ1) is 14.5. The van der Waals surface area contributed by atoms with Gasteiger partial charge in [-0.05, 0) is 44.6 Å². The molecule has 0 radical (unpaired) electrons. The minimum absolute atomic E-state index is 0.0104. The summed E-state index contributed by atoms with van der Waals surface area (Å²) in [6.07, 6.45) is 9.58. The van der Waals surface area contributed by atoms with Gasteiger partial charge in [0.25, 0.3) is 0 Å². The maximum atomic E-state index is 11.6. The van der Waals surface area contributed by atoms with Gasteiger partial charge in [-0.25, -0.2) is 0 Å². The van der Waals surface area contributed by atoms with Crippen molar-refractivity contribution in [3.05, 3.63) is 0 Å². The van der Waals surface area contributed by atoms with Gasteiger partial charge in [-0.15, -0.1) is 0 Å². The van der Waals surface area contributed by atoms with E-state index in [1.54, 1.807) is 0 Å². The number of unbranched alkanes of at least 4 members (excludes halogenated alkanes) is 2. The van der Waals surface area contributed by atoms with Gasteiger partial charge in [-0.2, -0.15) is 0 Å². The molecule has 0 amide bonds. The second-order valence-electron chi connectivity index (χ2n) is 5.15. The van der Waals surface area contributed by atoms with Crippen LogP contribution < -0.4 is 5.73 Å². The molecule has 1 fully saturated rings. The molecular formula is C14H27NO2. The maximum Gasteiger partial charge on any atom is 0.306 e. The zero-order valence-corrected chi connectivity index (χ0v) is 11.1. The molecule has 1 rings (SSSR count). The summed E-state index contributed by atoms with van der Waals surface area (Å²) in [6.45, 7) is 2.94. The van der Waals surface area contributed by atoms with E-state index >= 15 is 0 Å². The fourth-order valence-electron chi connectivity index (χ4n) is 2.55. The standard InChI is InChI=1S/C14H27NO2/c1-2-12-7-6-8-13(11-12)17-14(16)9-4-3-5-10-15/h12-13H,2-11,15H2,1H3. The monoisotopic (exact) mass is 241 g/mol. The Labute approximate surface area is 105 Å². The van der Waals surface area contributed by atoms with E-state index in [0.29, 0.717) is 6.42 Å². The first-order valence-electron chi connectivity index (χ1n) is 7.15. The van der Waals surface area contributed by atoms with Crippen molar-refractivity contribution >= 4 is 5.97 Å². The number of hydrogen-bond donors (Lipinski definition) is 1. The molecule has 3 nitrogen and oxygen atoms in total. The SMILES string of the molecule is CCC1CCCC(OC(=O)CCCCCN)C1. The van der Waals surface area contributed by atoms with Crippen LogP contribution in [-0.2, 0) is 9.53 Å². The van der Waals surface area contributed by atoms with Gasteiger partial charge in [0.1, 0.15) is 6.10 Å². The van der Waals surface area contributed by atoms with Crippen LogP contribution in [0.15, 0.2) is 0 Å². The lowest BCUT2D eigenvalue weighted by atomic mass is 9.85. The number of rotatable bonds is 7. The van der Waals surface area contributed by atoms with Crippen molar-refractivity contribution in [2.45, 2.75) is 70.8 Å². The highest BCUT2D eigenvalue weighted by atomic mass is 16.5. The summed E-state index contributed by atoms with van der Waals surface area (Å²) in [4.78, 5) is 11.6. The van der Waals surface area contributed by atoms with Crippen LogP contribution in [0.3, 0.4) is 0 Å². The summed E-state index contributed by atoms with van der Waals surface area (Å²) >= 11 is 0. The molecule has 0 heterocycles. The van der Waals surface area contributed by atoms with Gasteiger partial charge in [0.15, 0.2) is 0 Å². The van der Waals surface area contributed by atoms with Crippen molar-refractivity contribution in [1.82, 2.24) is 0 Å². The Morgan fingerprint density at radius 3 is 2.82 bits per heavy atom. The summed E-state index contributed by atoms with van der Waals surface area (Å²) in [6, 6.07) is 0. The molecule has 2 N–H and O–H groups in total. The Balaban J connectivity index is 2.12. The van der Waals surface area contributed by atoms with Crippen LogP contribution in [-0.4, -0.2) is 18.6 Å². The number of hydrogen-bond acceptors (Lipinski definition) is 3. The molecule has 1 saturated carbocycles. The number of nitrogens with two attached hydrogens (primary N) is 1. The maximum absolute atomic E-state index is 11.6. The van der Waals surface area contributed by atoms with Crippen LogP contribution in [0.25, 0.3) is 0 Å². The molecule has 0 saturated heterocycles. The van der Waals surface area contributed by atoms with E-state index in [2.05, 4.69) is 6.92 Å². The van der Waals surface area contributed by atoms with Gasteiger partial charge in [-0.1, -0.05) is 26.2 Å². The first-order valence-corrected chi connectivity index (χ1v) is 7.15. The minimum atomic E-state index is -0.0104. The summed E-state index contributed by atoms with van der Waals surface area (Å²) in [5.74, 6) is 0.752. The van der Waals surface area contributed by atoms with Crippen LogP contribution in [0.5, 0.6) is 0 Å². The minimum Gasteiger partial charge on any atom is -0.462 e. The Hall–Kier alpha value is -0.570. The molecule has 0 spiro atoms. The molecule has 3 heteroatoms. The predicted molar refractivity (Wildman–Crippen MR) is 69.7 cm³/mol. The fourth-order valence-corrected chi connectivity index (χ4v) is 2.55. The van der Waals surface area contributed by atoms with Gasteiger partial charge >= 0.3 is 5.97 Å². The molecule has 0 aromatic rings. The smallest absolute Gasteiger partial charge is 0.306 e. The van der Waals surface area contributed by atoms with Gasteiger partial charge in [-0.3, -0.25) is 4.79 Å². The third-order valence-electron chi connectivity index (χ3n) is 3.70. The molecule has 17 heavy (non-hydrogen) atoms. The van der Waals surface area contributed by atoms with E-state index in [1.807, 2.05) is 0 Å². The Morgan fingerprint density at radius 2 is 2.12 bits per heavy atom. The van der Waals surface area contributed by atoms with Crippen molar-refractivity contribution in [1.29, 1.82) is 0 Å². The highest BCUT2D eigenvalue weighted by Crippen LogP contribution is 2.28. The van der Waals surface area contributed by atoms with Crippen LogP contribution in [0, 0.1) is 5.92 Å². The second kappa shape index (κ2) is 8.51. The van der Waals surface area contributed by atoms with Crippen LogP contribution in [0.2, 0.25) is 0 Å². The number of carbonyl (C=O) groups is 1.